The number of hydrogen-bond donors (Lipinski definition) is 0. The van der Waals surface area contributed by atoms with Gasteiger partial charge in [-0.3, -0.25) is 18.7 Å². The maximum absolute atomic E-state index is 11.8. The molecule has 1 aliphatic heterocycles. The lowest BCUT2D eigenvalue weighted by Crippen LogP contribution is -2.25. The van der Waals surface area contributed by atoms with Gasteiger partial charge in [-0.1, -0.05) is 0 Å². The number of aromatic nitrogens is 3. The third kappa shape index (κ3) is 1.35. The van der Waals surface area contributed by atoms with E-state index in [9.17, 15) is 9.59 Å². The number of nitrogens with zero attached hydrogens (tertiary/aromatic N) is 3. The van der Waals surface area contributed by atoms with Crippen molar-refractivity contribution in [2.24, 2.45) is 0 Å². The van der Waals surface area contributed by atoms with Gasteiger partial charge in [0.25, 0.3) is 19.2 Å². The summed E-state index contributed by atoms with van der Waals surface area (Å²) in [5, 5.41) is 0. The lowest BCUT2D eigenvalue weighted by molar-refractivity contribution is 0.266. The molecule has 84 valence electrons. The Hall–Kier alpha value is -1.89. The van der Waals surface area contributed by atoms with Crippen molar-refractivity contribution < 1.29 is 4.65 Å². The fraction of sp³-hybridized carbons (Fsp3) is 0.300. The first-order chi connectivity index (χ1) is 8.22. The van der Waals surface area contributed by atoms with Crippen LogP contribution in [-0.2, 0) is 11.2 Å². The Morgan fingerprint density at radius 2 is 2.24 bits per heavy atom. The van der Waals surface area contributed by atoms with Crippen LogP contribution in [0.3, 0.4) is 0 Å². The molecule has 0 saturated carbocycles. The van der Waals surface area contributed by atoms with E-state index in [4.69, 9.17) is 8.05 Å². The lowest BCUT2D eigenvalue weighted by atomic mass is 10.3. The van der Waals surface area contributed by atoms with Crippen LogP contribution in [-0.4, -0.2) is 28.8 Å². The summed E-state index contributed by atoms with van der Waals surface area (Å²) in [5.74, 6) is 0. The van der Waals surface area contributed by atoms with Crippen molar-refractivity contribution in [3.63, 3.8) is 0 Å². The fourth-order valence-electron chi connectivity index (χ4n) is 2.26. The van der Waals surface area contributed by atoms with Crippen LogP contribution in [0.25, 0.3) is 11.2 Å². The first-order valence-corrected chi connectivity index (χ1v) is 5.15. The molecule has 0 fully saturated rings. The Bertz CT molecular complexity index is 701. The molecule has 0 bridgehead atoms. The van der Waals surface area contributed by atoms with E-state index in [0.29, 0.717) is 17.7 Å². The van der Waals surface area contributed by atoms with Crippen LogP contribution in [0.2, 0.25) is 0 Å². The Morgan fingerprint density at radius 1 is 1.41 bits per heavy atom. The summed E-state index contributed by atoms with van der Waals surface area (Å²) in [4.78, 5) is 27.5. The van der Waals surface area contributed by atoms with Gasteiger partial charge in [0.05, 0.1) is 18.8 Å². The summed E-state index contributed by atoms with van der Waals surface area (Å²) >= 11 is 0. The zero-order valence-corrected chi connectivity index (χ0v) is 8.87. The minimum Gasteiger partial charge on any atom is -0.445 e. The summed E-state index contributed by atoms with van der Waals surface area (Å²) in [6, 6.07) is 2.79. The van der Waals surface area contributed by atoms with Crippen LogP contribution in [0.1, 0.15) is 6.04 Å². The second-order valence-electron chi connectivity index (χ2n) is 3.94. The molecule has 7 heteroatoms. The van der Waals surface area contributed by atoms with Gasteiger partial charge in [-0.25, -0.2) is 4.98 Å². The first kappa shape index (κ1) is 10.3. The van der Waals surface area contributed by atoms with Crippen LogP contribution >= 0.6 is 0 Å². The van der Waals surface area contributed by atoms with Crippen molar-refractivity contribution in [2.45, 2.75) is 12.6 Å². The van der Waals surface area contributed by atoms with Gasteiger partial charge in [-0.15, -0.1) is 0 Å². The topological polar surface area (TPSA) is 66.1 Å². The summed E-state index contributed by atoms with van der Waals surface area (Å²) in [7, 11) is 5.04. The van der Waals surface area contributed by atoms with Gasteiger partial charge in [0, 0.05) is 12.7 Å². The second-order valence-corrected chi connectivity index (χ2v) is 3.94. The van der Waals surface area contributed by atoms with Crippen molar-refractivity contribution in [3.8, 4) is 0 Å². The standard InChI is InChI=1S/C10H8BN3O3/c11-17-5-6-4-13-8(15)2-1-7-10(13)14(6)9(16)3-12-7/h1-3,6H,4-5H2/t6-/m0/s1. The molecule has 2 radical (unpaired) electrons. The van der Waals surface area contributed by atoms with E-state index in [1.54, 1.807) is 6.07 Å². The molecular formula is C10H8BN3O3. The summed E-state index contributed by atoms with van der Waals surface area (Å²) in [6.07, 6.45) is 1.24. The molecule has 2 aromatic rings. The molecule has 0 spiro atoms. The highest BCUT2D eigenvalue weighted by molar-refractivity contribution is 5.97. The van der Waals surface area contributed by atoms with E-state index in [1.807, 2.05) is 0 Å². The van der Waals surface area contributed by atoms with E-state index in [2.05, 4.69) is 9.64 Å². The zero-order chi connectivity index (χ0) is 12.0. The highest BCUT2D eigenvalue weighted by Crippen LogP contribution is 2.21. The second kappa shape index (κ2) is 3.56. The third-order valence-corrected chi connectivity index (χ3v) is 2.96. The van der Waals surface area contributed by atoms with Crippen LogP contribution in [0.15, 0.2) is 27.9 Å². The van der Waals surface area contributed by atoms with Crippen molar-refractivity contribution in [1.82, 2.24) is 14.1 Å². The first-order valence-electron chi connectivity index (χ1n) is 5.15. The van der Waals surface area contributed by atoms with E-state index in [1.165, 1.54) is 21.4 Å². The van der Waals surface area contributed by atoms with Gasteiger partial charge in [0.2, 0.25) is 0 Å². The smallest absolute Gasteiger partial charge is 0.282 e. The minimum atomic E-state index is -0.256. The Balaban J connectivity index is 2.40. The normalized spacial score (nSPS) is 17.8. The maximum Gasteiger partial charge on any atom is 0.282 e. The molecule has 0 aromatic carbocycles. The quantitative estimate of drug-likeness (QED) is 0.633. The molecular weight excluding hydrogens is 221 g/mol. The maximum atomic E-state index is 11.8. The van der Waals surface area contributed by atoms with Gasteiger partial charge in [-0.2, -0.15) is 0 Å². The molecule has 0 N–H and O–H groups in total. The van der Waals surface area contributed by atoms with Crippen LogP contribution in [0, 0.1) is 0 Å². The molecule has 3 rings (SSSR count). The summed E-state index contributed by atoms with van der Waals surface area (Å²) in [6.45, 7) is 0.564. The Labute approximate surface area is 96.9 Å². The average molecular weight is 229 g/mol. The third-order valence-electron chi connectivity index (χ3n) is 2.96. The molecule has 17 heavy (non-hydrogen) atoms. The zero-order valence-electron chi connectivity index (χ0n) is 8.87. The predicted molar refractivity (Wildman–Crippen MR) is 61.0 cm³/mol. The molecule has 3 heterocycles. The fourth-order valence-corrected chi connectivity index (χ4v) is 2.26. The van der Waals surface area contributed by atoms with Crippen molar-refractivity contribution in [2.75, 3.05) is 6.61 Å². The van der Waals surface area contributed by atoms with Crippen LogP contribution in [0.4, 0.5) is 0 Å². The van der Waals surface area contributed by atoms with Gasteiger partial charge >= 0.3 is 0 Å². The average Bonchev–Trinajstić information content (AvgIpc) is 2.69. The molecule has 0 amide bonds. The molecule has 6 nitrogen and oxygen atoms in total. The summed E-state index contributed by atoms with van der Waals surface area (Å²) < 4.78 is 7.62. The van der Waals surface area contributed by atoms with Crippen molar-refractivity contribution in [3.05, 3.63) is 39.0 Å². The van der Waals surface area contributed by atoms with Gasteiger partial charge < -0.3 is 4.65 Å². The number of hydrogen-bond acceptors (Lipinski definition) is 4. The van der Waals surface area contributed by atoms with Gasteiger partial charge in [-0.05, 0) is 6.07 Å². The molecule has 0 saturated heterocycles. The van der Waals surface area contributed by atoms with E-state index < -0.39 is 0 Å². The minimum absolute atomic E-state index is 0.154. The number of rotatable bonds is 2. The largest absolute Gasteiger partial charge is 0.445 e. The monoisotopic (exact) mass is 229 g/mol. The van der Waals surface area contributed by atoms with Crippen molar-refractivity contribution in [1.29, 1.82) is 0 Å². The van der Waals surface area contributed by atoms with Crippen molar-refractivity contribution >= 4 is 19.2 Å². The summed E-state index contributed by atoms with van der Waals surface area (Å²) in [5.41, 5.74) is 0.741. The highest BCUT2D eigenvalue weighted by atomic mass is 16.4. The Kier molecular flexibility index (Phi) is 2.15. The van der Waals surface area contributed by atoms with E-state index in [-0.39, 0.29) is 23.8 Å². The van der Waals surface area contributed by atoms with Gasteiger partial charge in [0.1, 0.15) is 11.2 Å². The predicted octanol–water partition coefficient (Wildman–Crippen LogP) is -0.787. The van der Waals surface area contributed by atoms with E-state index in [0.717, 1.165) is 0 Å². The SMILES string of the molecule is [B]OC[C@@H]1Cn2c(=O)ccc3ncc(=O)n1c32. The lowest BCUT2D eigenvalue weighted by Gasteiger charge is -2.11. The molecule has 0 aliphatic carbocycles. The Morgan fingerprint density at radius 3 is 3.00 bits per heavy atom. The molecule has 2 aromatic heterocycles. The highest BCUT2D eigenvalue weighted by Gasteiger charge is 2.25. The number of pyridine rings is 1. The van der Waals surface area contributed by atoms with Crippen LogP contribution in [0.5, 0.6) is 0 Å². The van der Waals surface area contributed by atoms with Gasteiger partial charge in [0.15, 0.2) is 0 Å². The molecule has 0 unspecified atom stereocenters. The molecule has 1 aliphatic rings. The van der Waals surface area contributed by atoms with Crippen LogP contribution < -0.4 is 11.1 Å². The van der Waals surface area contributed by atoms with E-state index >= 15 is 0 Å². The molecule has 1 atom stereocenters.